The lowest BCUT2D eigenvalue weighted by Gasteiger charge is -2.15. The normalized spacial score (nSPS) is 10.4. The Morgan fingerprint density at radius 2 is 1.85 bits per heavy atom. The van der Waals surface area contributed by atoms with Gasteiger partial charge in [-0.05, 0) is 24.6 Å². The second-order valence-electron chi connectivity index (χ2n) is 4.12. The lowest BCUT2D eigenvalue weighted by atomic mass is 10.2. The summed E-state index contributed by atoms with van der Waals surface area (Å²) in [4.78, 5) is 5.21. The summed E-state index contributed by atoms with van der Waals surface area (Å²) in [6.45, 7) is 2.27. The van der Waals surface area contributed by atoms with E-state index in [4.69, 9.17) is 14.2 Å². The number of nitrogens with zero attached hydrogens (tertiary/aromatic N) is 1. The van der Waals surface area contributed by atoms with Gasteiger partial charge in [-0.3, -0.25) is 0 Å². The Kier molecular flexibility index (Phi) is 4.81. The van der Waals surface area contributed by atoms with E-state index in [2.05, 4.69) is 4.98 Å². The van der Waals surface area contributed by atoms with Crippen LogP contribution >= 0.6 is 11.3 Å². The molecule has 2 aromatic rings. The van der Waals surface area contributed by atoms with Crippen LogP contribution in [0.5, 0.6) is 17.2 Å². The van der Waals surface area contributed by atoms with E-state index < -0.39 is 0 Å². The SMILES string of the molecule is COc1cc(CO)cc(OC)c1OCc1cnc(C)s1. The molecule has 2 rings (SSSR count). The summed E-state index contributed by atoms with van der Waals surface area (Å²) in [5.41, 5.74) is 0.708. The maximum atomic E-state index is 9.22. The molecule has 0 radical (unpaired) electrons. The Morgan fingerprint density at radius 1 is 1.20 bits per heavy atom. The van der Waals surface area contributed by atoms with Gasteiger partial charge < -0.3 is 19.3 Å². The molecule has 0 saturated carbocycles. The van der Waals surface area contributed by atoms with E-state index in [1.54, 1.807) is 43.9 Å². The Labute approximate surface area is 121 Å². The second-order valence-corrected chi connectivity index (χ2v) is 5.44. The third-order valence-corrected chi connectivity index (χ3v) is 3.62. The molecule has 1 aromatic carbocycles. The summed E-state index contributed by atoms with van der Waals surface area (Å²) in [7, 11) is 3.11. The minimum atomic E-state index is -0.0823. The highest BCUT2D eigenvalue weighted by molar-refractivity contribution is 7.11. The smallest absolute Gasteiger partial charge is 0.203 e. The highest BCUT2D eigenvalue weighted by Gasteiger charge is 2.14. The third-order valence-electron chi connectivity index (χ3n) is 2.73. The van der Waals surface area contributed by atoms with Gasteiger partial charge in [-0.25, -0.2) is 4.98 Å². The summed E-state index contributed by atoms with van der Waals surface area (Å²) in [6, 6.07) is 3.46. The predicted molar refractivity (Wildman–Crippen MR) is 76.7 cm³/mol. The standard InChI is InChI=1S/C14H17NO4S/c1-9-15-6-11(20-9)8-19-14-12(17-2)4-10(7-16)5-13(14)18-3/h4-6,16H,7-8H2,1-3H3. The minimum Gasteiger partial charge on any atom is -0.493 e. The zero-order valence-electron chi connectivity index (χ0n) is 11.7. The number of aromatic nitrogens is 1. The Morgan fingerprint density at radius 3 is 2.30 bits per heavy atom. The fourth-order valence-corrected chi connectivity index (χ4v) is 2.49. The van der Waals surface area contributed by atoms with Crippen molar-refractivity contribution in [2.75, 3.05) is 14.2 Å². The van der Waals surface area contributed by atoms with Gasteiger partial charge in [-0.1, -0.05) is 0 Å². The van der Waals surface area contributed by atoms with Gasteiger partial charge in [0.1, 0.15) is 6.61 Å². The maximum absolute atomic E-state index is 9.22. The lowest BCUT2D eigenvalue weighted by molar-refractivity contribution is 0.261. The minimum absolute atomic E-state index is 0.0823. The number of aliphatic hydroxyl groups excluding tert-OH is 1. The van der Waals surface area contributed by atoms with E-state index in [-0.39, 0.29) is 6.61 Å². The van der Waals surface area contributed by atoms with Crippen molar-refractivity contribution in [3.8, 4) is 17.2 Å². The number of methoxy groups -OCH3 is 2. The number of aliphatic hydroxyl groups is 1. The van der Waals surface area contributed by atoms with Crippen molar-refractivity contribution in [1.82, 2.24) is 4.98 Å². The Bertz CT molecular complexity index is 557. The van der Waals surface area contributed by atoms with Gasteiger partial charge in [-0.2, -0.15) is 0 Å². The Hall–Kier alpha value is -1.79. The van der Waals surface area contributed by atoms with Gasteiger partial charge >= 0.3 is 0 Å². The summed E-state index contributed by atoms with van der Waals surface area (Å²) >= 11 is 1.58. The average Bonchev–Trinajstić information content (AvgIpc) is 2.89. The molecule has 6 heteroatoms. The number of ether oxygens (including phenoxy) is 3. The molecule has 0 spiro atoms. The third kappa shape index (κ3) is 3.20. The molecule has 0 saturated heterocycles. The zero-order valence-corrected chi connectivity index (χ0v) is 12.5. The van der Waals surface area contributed by atoms with Crippen LogP contribution < -0.4 is 14.2 Å². The molecule has 5 nitrogen and oxygen atoms in total. The monoisotopic (exact) mass is 295 g/mol. The van der Waals surface area contributed by atoms with Crippen LogP contribution in [-0.4, -0.2) is 24.3 Å². The van der Waals surface area contributed by atoms with E-state index in [0.717, 1.165) is 9.88 Å². The summed E-state index contributed by atoms with van der Waals surface area (Å²) in [5, 5.41) is 10.2. The van der Waals surface area contributed by atoms with Crippen LogP contribution in [0.25, 0.3) is 0 Å². The average molecular weight is 295 g/mol. The first-order chi connectivity index (χ1) is 9.67. The first-order valence-corrected chi connectivity index (χ1v) is 6.89. The van der Waals surface area contributed by atoms with Crippen molar-refractivity contribution in [1.29, 1.82) is 0 Å². The van der Waals surface area contributed by atoms with Crippen LogP contribution in [0.3, 0.4) is 0 Å². The van der Waals surface area contributed by atoms with Crippen LogP contribution in [0.1, 0.15) is 15.4 Å². The largest absolute Gasteiger partial charge is 0.493 e. The number of thiazole rings is 1. The molecule has 20 heavy (non-hydrogen) atoms. The van der Waals surface area contributed by atoms with E-state index in [1.807, 2.05) is 6.92 Å². The van der Waals surface area contributed by atoms with Crippen LogP contribution in [0.4, 0.5) is 0 Å². The first kappa shape index (κ1) is 14.6. The van der Waals surface area contributed by atoms with Crippen molar-refractivity contribution in [2.24, 2.45) is 0 Å². The van der Waals surface area contributed by atoms with Crippen molar-refractivity contribution in [3.05, 3.63) is 33.8 Å². The van der Waals surface area contributed by atoms with E-state index >= 15 is 0 Å². The molecule has 0 aliphatic rings. The van der Waals surface area contributed by atoms with Gasteiger partial charge in [0.05, 0.1) is 30.7 Å². The zero-order chi connectivity index (χ0) is 14.5. The maximum Gasteiger partial charge on any atom is 0.203 e. The fraction of sp³-hybridized carbons (Fsp3) is 0.357. The van der Waals surface area contributed by atoms with Crippen molar-refractivity contribution in [3.63, 3.8) is 0 Å². The molecule has 0 bridgehead atoms. The van der Waals surface area contributed by atoms with E-state index in [0.29, 0.717) is 29.4 Å². The molecular weight excluding hydrogens is 278 g/mol. The molecule has 0 aliphatic carbocycles. The van der Waals surface area contributed by atoms with E-state index in [9.17, 15) is 5.11 Å². The molecule has 0 unspecified atom stereocenters. The molecule has 1 N–H and O–H groups in total. The highest BCUT2D eigenvalue weighted by atomic mass is 32.1. The van der Waals surface area contributed by atoms with E-state index in [1.165, 1.54) is 0 Å². The predicted octanol–water partition coefficient (Wildman–Crippen LogP) is 2.54. The first-order valence-electron chi connectivity index (χ1n) is 6.07. The highest BCUT2D eigenvalue weighted by Crippen LogP contribution is 2.39. The topological polar surface area (TPSA) is 60.8 Å². The van der Waals surface area contributed by atoms with Gasteiger partial charge in [-0.15, -0.1) is 11.3 Å². The van der Waals surface area contributed by atoms with Crippen LogP contribution in [0, 0.1) is 6.92 Å². The Balaban J connectivity index is 2.24. The second kappa shape index (κ2) is 6.58. The number of benzene rings is 1. The summed E-state index contributed by atoms with van der Waals surface area (Å²) in [6.07, 6.45) is 1.79. The van der Waals surface area contributed by atoms with Crippen LogP contribution in [0.15, 0.2) is 18.3 Å². The van der Waals surface area contributed by atoms with Crippen molar-refractivity contribution in [2.45, 2.75) is 20.1 Å². The summed E-state index contributed by atoms with van der Waals surface area (Å²) < 4.78 is 16.4. The molecule has 108 valence electrons. The quantitative estimate of drug-likeness (QED) is 0.887. The molecule has 1 aromatic heterocycles. The molecule has 0 amide bonds. The summed E-state index contributed by atoms with van der Waals surface area (Å²) in [5.74, 6) is 1.60. The van der Waals surface area contributed by atoms with Crippen LogP contribution in [-0.2, 0) is 13.2 Å². The molecular formula is C14H17NO4S. The number of aryl methyl sites for hydroxylation is 1. The number of rotatable bonds is 6. The number of hydrogen-bond donors (Lipinski definition) is 1. The lowest BCUT2D eigenvalue weighted by Crippen LogP contribution is -2.00. The molecule has 0 atom stereocenters. The molecule has 0 aliphatic heterocycles. The molecule has 1 heterocycles. The van der Waals surface area contributed by atoms with Crippen molar-refractivity contribution >= 4 is 11.3 Å². The van der Waals surface area contributed by atoms with Crippen molar-refractivity contribution < 1.29 is 19.3 Å². The van der Waals surface area contributed by atoms with Crippen LogP contribution in [0.2, 0.25) is 0 Å². The number of hydrogen-bond acceptors (Lipinski definition) is 6. The van der Waals surface area contributed by atoms with Gasteiger partial charge in [0.2, 0.25) is 5.75 Å². The van der Waals surface area contributed by atoms with Gasteiger partial charge in [0.15, 0.2) is 11.5 Å². The molecule has 0 fully saturated rings. The van der Waals surface area contributed by atoms with Gasteiger partial charge in [0, 0.05) is 6.20 Å². The fourth-order valence-electron chi connectivity index (χ4n) is 1.78. The van der Waals surface area contributed by atoms with Gasteiger partial charge in [0.25, 0.3) is 0 Å².